The molecule has 0 aliphatic carbocycles. The van der Waals surface area contributed by atoms with Gasteiger partial charge in [0.25, 0.3) is 0 Å². The van der Waals surface area contributed by atoms with Crippen molar-refractivity contribution in [3.8, 4) is 0 Å². The predicted molar refractivity (Wildman–Crippen MR) is 72.1 cm³/mol. The summed E-state index contributed by atoms with van der Waals surface area (Å²) < 4.78 is 6.38. The molecule has 2 aromatic rings. The summed E-state index contributed by atoms with van der Waals surface area (Å²) in [6.45, 7) is 1.01. The molecule has 7 heteroatoms. The molecule has 0 saturated heterocycles. The highest BCUT2D eigenvalue weighted by atomic mass is 16.5. The summed E-state index contributed by atoms with van der Waals surface area (Å²) in [6, 6.07) is 5.75. The SMILES string of the molecule is COC(=O)c1nnn(CCc2ccccn2)c1CCN. The van der Waals surface area contributed by atoms with Crippen LogP contribution in [0, 0.1) is 0 Å². The third-order valence-electron chi connectivity index (χ3n) is 2.90. The van der Waals surface area contributed by atoms with Crippen LogP contribution in [-0.2, 0) is 24.1 Å². The van der Waals surface area contributed by atoms with Gasteiger partial charge in [-0.3, -0.25) is 4.98 Å². The maximum absolute atomic E-state index is 11.6. The lowest BCUT2D eigenvalue weighted by Crippen LogP contribution is -2.15. The molecule has 2 N–H and O–H groups in total. The second-order valence-electron chi connectivity index (χ2n) is 4.21. The summed E-state index contributed by atoms with van der Waals surface area (Å²) in [5.41, 5.74) is 7.47. The monoisotopic (exact) mass is 275 g/mol. The molecule has 20 heavy (non-hydrogen) atoms. The van der Waals surface area contributed by atoms with Crippen molar-refractivity contribution in [2.45, 2.75) is 19.4 Å². The van der Waals surface area contributed by atoms with Crippen molar-refractivity contribution < 1.29 is 9.53 Å². The van der Waals surface area contributed by atoms with Gasteiger partial charge in [-0.25, -0.2) is 9.48 Å². The minimum atomic E-state index is -0.488. The molecule has 0 saturated carbocycles. The second kappa shape index (κ2) is 6.76. The number of carbonyl (C=O) groups is 1. The number of nitrogens with zero attached hydrogens (tertiary/aromatic N) is 4. The molecule has 0 aliphatic heterocycles. The molecule has 0 unspecified atom stereocenters. The standard InChI is InChI=1S/C13H17N5O2/c1-20-13(19)12-11(5-7-14)18(17-16-12)9-6-10-4-2-3-8-15-10/h2-4,8H,5-7,9,14H2,1H3. The third kappa shape index (κ3) is 3.18. The summed E-state index contributed by atoms with van der Waals surface area (Å²) in [5, 5.41) is 7.88. The molecule has 0 bridgehead atoms. The van der Waals surface area contributed by atoms with E-state index in [9.17, 15) is 4.79 Å². The molecule has 0 amide bonds. The lowest BCUT2D eigenvalue weighted by molar-refractivity contribution is 0.0592. The first-order valence-electron chi connectivity index (χ1n) is 6.37. The van der Waals surface area contributed by atoms with Crippen LogP contribution in [0.3, 0.4) is 0 Å². The molecule has 0 atom stereocenters. The Morgan fingerprint density at radius 1 is 1.40 bits per heavy atom. The van der Waals surface area contributed by atoms with Crippen molar-refractivity contribution in [2.24, 2.45) is 5.73 Å². The van der Waals surface area contributed by atoms with Crippen LogP contribution in [0.1, 0.15) is 21.9 Å². The number of methoxy groups -OCH3 is 1. The van der Waals surface area contributed by atoms with Gasteiger partial charge in [0.2, 0.25) is 0 Å². The number of pyridine rings is 1. The van der Waals surface area contributed by atoms with Gasteiger partial charge >= 0.3 is 5.97 Å². The van der Waals surface area contributed by atoms with E-state index in [4.69, 9.17) is 10.5 Å². The lowest BCUT2D eigenvalue weighted by atomic mass is 10.2. The highest BCUT2D eigenvalue weighted by Crippen LogP contribution is 2.09. The zero-order valence-corrected chi connectivity index (χ0v) is 11.3. The first-order valence-corrected chi connectivity index (χ1v) is 6.37. The quantitative estimate of drug-likeness (QED) is 0.757. The zero-order chi connectivity index (χ0) is 14.4. The van der Waals surface area contributed by atoms with Crippen molar-refractivity contribution in [1.29, 1.82) is 0 Å². The number of carbonyl (C=O) groups excluding carboxylic acids is 1. The smallest absolute Gasteiger partial charge is 0.360 e. The molecule has 0 spiro atoms. The van der Waals surface area contributed by atoms with Gasteiger partial charge in [0.1, 0.15) is 0 Å². The minimum absolute atomic E-state index is 0.235. The summed E-state index contributed by atoms with van der Waals surface area (Å²) in [4.78, 5) is 15.9. The normalized spacial score (nSPS) is 10.5. The zero-order valence-electron chi connectivity index (χ0n) is 11.3. The maximum Gasteiger partial charge on any atom is 0.360 e. The van der Waals surface area contributed by atoms with E-state index in [2.05, 4.69) is 15.3 Å². The molecule has 7 nitrogen and oxygen atoms in total. The first-order chi connectivity index (χ1) is 9.76. The Bertz CT molecular complexity index is 567. The minimum Gasteiger partial charge on any atom is -0.464 e. The average Bonchev–Trinajstić information content (AvgIpc) is 2.89. The molecule has 0 aliphatic rings. The fourth-order valence-corrected chi connectivity index (χ4v) is 1.92. The summed E-state index contributed by atoms with van der Waals surface area (Å²) in [6.07, 6.45) is 2.99. The number of hydrogen-bond donors (Lipinski definition) is 1. The Morgan fingerprint density at radius 2 is 2.25 bits per heavy atom. The summed E-state index contributed by atoms with van der Waals surface area (Å²) in [5.74, 6) is -0.488. The molecule has 0 radical (unpaired) electrons. The van der Waals surface area contributed by atoms with Crippen LogP contribution < -0.4 is 5.73 Å². The molecule has 0 aromatic carbocycles. The molecule has 106 valence electrons. The van der Waals surface area contributed by atoms with E-state index in [-0.39, 0.29) is 5.69 Å². The molecule has 2 heterocycles. The van der Waals surface area contributed by atoms with Gasteiger partial charge in [-0.15, -0.1) is 5.10 Å². The number of aryl methyl sites for hydroxylation is 2. The van der Waals surface area contributed by atoms with Crippen LogP contribution in [0.4, 0.5) is 0 Å². The fraction of sp³-hybridized carbons (Fsp3) is 0.385. The molecular weight excluding hydrogens is 258 g/mol. The van der Waals surface area contributed by atoms with Crippen molar-refractivity contribution in [3.05, 3.63) is 41.5 Å². The Kier molecular flexibility index (Phi) is 4.78. The maximum atomic E-state index is 11.6. The number of aromatic nitrogens is 4. The van der Waals surface area contributed by atoms with Crippen LogP contribution in [-0.4, -0.2) is 39.6 Å². The highest BCUT2D eigenvalue weighted by molar-refractivity contribution is 5.88. The summed E-state index contributed by atoms with van der Waals surface area (Å²) in [7, 11) is 1.32. The van der Waals surface area contributed by atoms with Gasteiger partial charge in [0, 0.05) is 31.3 Å². The van der Waals surface area contributed by atoms with Gasteiger partial charge in [0.05, 0.1) is 12.8 Å². The van der Waals surface area contributed by atoms with Gasteiger partial charge < -0.3 is 10.5 Å². The van der Waals surface area contributed by atoms with E-state index < -0.39 is 5.97 Å². The van der Waals surface area contributed by atoms with Crippen LogP contribution in [0.2, 0.25) is 0 Å². The van der Waals surface area contributed by atoms with Crippen LogP contribution in [0.25, 0.3) is 0 Å². The van der Waals surface area contributed by atoms with Crippen LogP contribution in [0.15, 0.2) is 24.4 Å². The highest BCUT2D eigenvalue weighted by Gasteiger charge is 2.19. The Labute approximate surface area is 116 Å². The molecular formula is C13H17N5O2. The number of ether oxygens (including phenoxy) is 1. The summed E-state index contributed by atoms with van der Waals surface area (Å²) >= 11 is 0. The Balaban J connectivity index is 2.15. The average molecular weight is 275 g/mol. The van der Waals surface area contributed by atoms with Crippen LogP contribution in [0.5, 0.6) is 0 Å². The molecule has 2 aromatic heterocycles. The van der Waals surface area contributed by atoms with Crippen LogP contribution >= 0.6 is 0 Å². The van der Waals surface area contributed by atoms with Gasteiger partial charge in [-0.2, -0.15) is 0 Å². The van der Waals surface area contributed by atoms with E-state index in [0.29, 0.717) is 31.6 Å². The number of esters is 1. The van der Waals surface area contributed by atoms with Gasteiger partial charge in [-0.05, 0) is 18.7 Å². The predicted octanol–water partition coefficient (Wildman–Crippen LogP) is 0.204. The van der Waals surface area contributed by atoms with Crippen molar-refractivity contribution in [3.63, 3.8) is 0 Å². The third-order valence-corrected chi connectivity index (χ3v) is 2.90. The Morgan fingerprint density at radius 3 is 2.90 bits per heavy atom. The van der Waals surface area contributed by atoms with Crippen molar-refractivity contribution in [1.82, 2.24) is 20.0 Å². The lowest BCUT2D eigenvalue weighted by Gasteiger charge is -2.06. The molecule has 0 fully saturated rings. The Hall–Kier alpha value is -2.28. The largest absolute Gasteiger partial charge is 0.464 e. The van der Waals surface area contributed by atoms with Crippen molar-refractivity contribution >= 4 is 5.97 Å². The second-order valence-corrected chi connectivity index (χ2v) is 4.21. The van der Waals surface area contributed by atoms with E-state index in [0.717, 1.165) is 5.69 Å². The van der Waals surface area contributed by atoms with E-state index in [1.165, 1.54) is 7.11 Å². The fourth-order valence-electron chi connectivity index (χ4n) is 1.92. The topological polar surface area (TPSA) is 95.9 Å². The number of rotatable bonds is 6. The van der Waals surface area contributed by atoms with E-state index in [1.807, 2.05) is 18.2 Å². The van der Waals surface area contributed by atoms with Crippen molar-refractivity contribution in [2.75, 3.05) is 13.7 Å². The molecule has 2 rings (SSSR count). The van der Waals surface area contributed by atoms with E-state index >= 15 is 0 Å². The van der Waals surface area contributed by atoms with E-state index in [1.54, 1.807) is 10.9 Å². The number of nitrogens with two attached hydrogens (primary N) is 1. The first kappa shape index (κ1) is 14.1. The van der Waals surface area contributed by atoms with Gasteiger partial charge in [-0.1, -0.05) is 11.3 Å². The number of hydrogen-bond acceptors (Lipinski definition) is 6. The van der Waals surface area contributed by atoms with Gasteiger partial charge in [0.15, 0.2) is 5.69 Å².